The summed E-state index contributed by atoms with van der Waals surface area (Å²) >= 11 is 0. The summed E-state index contributed by atoms with van der Waals surface area (Å²) in [5, 5.41) is 6.07. The number of aryl methyl sites for hydroxylation is 2. The smallest absolute Gasteiger partial charge is 0.262 e. The molecule has 1 heterocycles. The average Bonchev–Trinajstić information content (AvgIpc) is 2.74. The average molecular weight is 420 g/mol. The first-order valence-corrected chi connectivity index (χ1v) is 10.4. The highest BCUT2D eigenvalue weighted by Crippen LogP contribution is 2.20. The quantitative estimate of drug-likeness (QED) is 0.523. The normalized spacial score (nSPS) is 10.5. The number of carbonyl (C=O) groups excluding carboxylic acids is 1. The third kappa shape index (κ3) is 6.44. The molecular formula is C24H29N5O2. The van der Waals surface area contributed by atoms with Crippen molar-refractivity contribution in [3.05, 3.63) is 65.9 Å². The number of aromatic nitrogens is 2. The van der Waals surface area contributed by atoms with Crippen molar-refractivity contribution in [3.63, 3.8) is 0 Å². The standard InChI is InChI=1S/C24H29N5O2/c1-5-29(6-2)22-15-18(4)25-24(28-22)27-20-12-10-19(11-13-20)26-23(30)16-31-21-9-7-8-17(3)14-21/h7-15H,5-6,16H2,1-4H3,(H,26,30)(H,25,27,28). The van der Waals surface area contributed by atoms with Crippen LogP contribution in [0.1, 0.15) is 25.1 Å². The number of carbonyl (C=O) groups is 1. The van der Waals surface area contributed by atoms with Gasteiger partial charge in [0.25, 0.3) is 5.91 Å². The molecule has 3 rings (SSSR count). The van der Waals surface area contributed by atoms with Crippen LogP contribution < -0.4 is 20.3 Å². The van der Waals surface area contributed by atoms with Crippen LogP contribution in [0.15, 0.2) is 54.6 Å². The topological polar surface area (TPSA) is 79.4 Å². The molecule has 0 fully saturated rings. The third-order valence-corrected chi connectivity index (χ3v) is 4.71. The van der Waals surface area contributed by atoms with Gasteiger partial charge in [-0.3, -0.25) is 4.79 Å². The molecule has 0 bridgehead atoms. The van der Waals surface area contributed by atoms with Crippen LogP contribution >= 0.6 is 0 Å². The van der Waals surface area contributed by atoms with Crippen LogP contribution in [0.5, 0.6) is 5.75 Å². The van der Waals surface area contributed by atoms with Gasteiger partial charge in [-0.1, -0.05) is 12.1 Å². The molecule has 2 aromatic carbocycles. The zero-order valence-corrected chi connectivity index (χ0v) is 18.5. The van der Waals surface area contributed by atoms with E-state index in [-0.39, 0.29) is 12.5 Å². The summed E-state index contributed by atoms with van der Waals surface area (Å²) in [6.07, 6.45) is 0. The van der Waals surface area contributed by atoms with E-state index in [0.717, 1.165) is 35.9 Å². The highest BCUT2D eigenvalue weighted by atomic mass is 16.5. The third-order valence-electron chi connectivity index (χ3n) is 4.71. The lowest BCUT2D eigenvalue weighted by molar-refractivity contribution is -0.118. The second-order valence-electron chi connectivity index (χ2n) is 7.22. The van der Waals surface area contributed by atoms with Gasteiger partial charge in [-0.15, -0.1) is 0 Å². The molecule has 7 heteroatoms. The molecule has 0 radical (unpaired) electrons. The highest BCUT2D eigenvalue weighted by molar-refractivity contribution is 5.92. The molecule has 7 nitrogen and oxygen atoms in total. The molecule has 31 heavy (non-hydrogen) atoms. The molecule has 0 saturated heterocycles. The summed E-state index contributed by atoms with van der Waals surface area (Å²) in [4.78, 5) is 23.4. The maximum atomic E-state index is 12.2. The SMILES string of the molecule is CCN(CC)c1cc(C)nc(Nc2ccc(NC(=O)COc3cccc(C)c3)cc2)n1. The fourth-order valence-electron chi connectivity index (χ4n) is 3.13. The van der Waals surface area contributed by atoms with E-state index in [1.807, 2.05) is 68.4 Å². The molecule has 1 aromatic heterocycles. The van der Waals surface area contributed by atoms with E-state index in [1.54, 1.807) is 0 Å². The Bertz CT molecular complexity index is 1020. The van der Waals surface area contributed by atoms with E-state index in [4.69, 9.17) is 4.74 Å². The van der Waals surface area contributed by atoms with Gasteiger partial charge in [-0.2, -0.15) is 4.98 Å². The number of anilines is 4. The largest absolute Gasteiger partial charge is 0.484 e. The van der Waals surface area contributed by atoms with Gasteiger partial charge >= 0.3 is 0 Å². The Morgan fingerprint density at radius 1 is 0.968 bits per heavy atom. The van der Waals surface area contributed by atoms with Crippen molar-refractivity contribution in [2.24, 2.45) is 0 Å². The summed E-state index contributed by atoms with van der Waals surface area (Å²) in [6.45, 7) is 9.86. The van der Waals surface area contributed by atoms with Crippen LogP contribution in [0.4, 0.5) is 23.1 Å². The minimum Gasteiger partial charge on any atom is -0.484 e. The first-order chi connectivity index (χ1) is 15.0. The lowest BCUT2D eigenvalue weighted by atomic mass is 10.2. The van der Waals surface area contributed by atoms with Crippen LogP contribution in [0.2, 0.25) is 0 Å². The predicted molar refractivity (Wildman–Crippen MR) is 125 cm³/mol. The second-order valence-corrected chi connectivity index (χ2v) is 7.22. The van der Waals surface area contributed by atoms with Crippen LogP contribution in [0.25, 0.3) is 0 Å². The van der Waals surface area contributed by atoms with Crippen molar-refractivity contribution in [2.75, 3.05) is 35.2 Å². The van der Waals surface area contributed by atoms with Crippen molar-refractivity contribution in [3.8, 4) is 5.75 Å². The van der Waals surface area contributed by atoms with E-state index < -0.39 is 0 Å². The second kappa shape index (κ2) is 10.4. The van der Waals surface area contributed by atoms with Crippen molar-refractivity contribution in [1.29, 1.82) is 0 Å². The Morgan fingerprint density at radius 3 is 2.35 bits per heavy atom. The van der Waals surface area contributed by atoms with Crippen LogP contribution in [-0.4, -0.2) is 35.6 Å². The summed E-state index contributed by atoms with van der Waals surface area (Å²) in [6, 6.07) is 17.0. The first-order valence-electron chi connectivity index (χ1n) is 10.4. The van der Waals surface area contributed by atoms with Crippen LogP contribution in [0, 0.1) is 13.8 Å². The van der Waals surface area contributed by atoms with Gasteiger partial charge in [0.2, 0.25) is 5.95 Å². The fraction of sp³-hybridized carbons (Fsp3) is 0.292. The molecule has 0 aliphatic rings. The summed E-state index contributed by atoms with van der Waals surface area (Å²) in [5.41, 5.74) is 3.52. The molecule has 0 unspecified atom stereocenters. The molecule has 0 spiro atoms. The predicted octanol–water partition coefficient (Wildman–Crippen LogP) is 4.70. The van der Waals surface area contributed by atoms with E-state index >= 15 is 0 Å². The van der Waals surface area contributed by atoms with Gasteiger partial charge in [-0.25, -0.2) is 4.98 Å². The summed E-state index contributed by atoms with van der Waals surface area (Å²) < 4.78 is 5.54. The van der Waals surface area contributed by atoms with Gasteiger partial charge in [0.05, 0.1) is 0 Å². The molecule has 1 amide bonds. The zero-order chi connectivity index (χ0) is 22.2. The number of ether oxygens (including phenoxy) is 1. The number of hydrogen-bond donors (Lipinski definition) is 2. The molecule has 3 aromatic rings. The maximum Gasteiger partial charge on any atom is 0.262 e. The van der Waals surface area contributed by atoms with Gasteiger partial charge in [0, 0.05) is 36.2 Å². The Morgan fingerprint density at radius 2 is 1.68 bits per heavy atom. The molecular weight excluding hydrogens is 390 g/mol. The lowest BCUT2D eigenvalue weighted by Gasteiger charge is -2.20. The molecule has 0 saturated carbocycles. The highest BCUT2D eigenvalue weighted by Gasteiger charge is 2.09. The van der Waals surface area contributed by atoms with Crippen molar-refractivity contribution < 1.29 is 9.53 Å². The Labute approximate surface area is 183 Å². The minimum atomic E-state index is -0.215. The van der Waals surface area contributed by atoms with E-state index in [2.05, 4.69) is 39.3 Å². The molecule has 0 aliphatic carbocycles. The van der Waals surface area contributed by atoms with E-state index in [0.29, 0.717) is 17.4 Å². The maximum absolute atomic E-state index is 12.2. The van der Waals surface area contributed by atoms with E-state index in [9.17, 15) is 4.79 Å². The number of amides is 1. The number of nitrogens with one attached hydrogen (secondary N) is 2. The zero-order valence-electron chi connectivity index (χ0n) is 18.5. The number of nitrogens with zero attached hydrogens (tertiary/aromatic N) is 3. The first kappa shape index (κ1) is 22.1. The van der Waals surface area contributed by atoms with Crippen molar-refractivity contribution >= 4 is 29.0 Å². The number of benzene rings is 2. The van der Waals surface area contributed by atoms with Crippen LogP contribution in [0.3, 0.4) is 0 Å². The minimum absolute atomic E-state index is 0.0469. The monoisotopic (exact) mass is 419 g/mol. The summed E-state index contributed by atoms with van der Waals surface area (Å²) in [5.74, 6) is 1.91. The van der Waals surface area contributed by atoms with Gasteiger partial charge < -0.3 is 20.3 Å². The Balaban J connectivity index is 1.58. The van der Waals surface area contributed by atoms with Gasteiger partial charge in [-0.05, 0) is 69.7 Å². The van der Waals surface area contributed by atoms with E-state index in [1.165, 1.54) is 0 Å². The van der Waals surface area contributed by atoms with Crippen LogP contribution in [-0.2, 0) is 4.79 Å². The molecule has 0 aliphatic heterocycles. The summed E-state index contributed by atoms with van der Waals surface area (Å²) in [7, 11) is 0. The fourth-order valence-corrected chi connectivity index (χ4v) is 3.13. The number of hydrogen-bond acceptors (Lipinski definition) is 6. The lowest BCUT2D eigenvalue weighted by Crippen LogP contribution is -2.23. The number of rotatable bonds is 9. The van der Waals surface area contributed by atoms with Gasteiger partial charge in [0.1, 0.15) is 11.6 Å². The van der Waals surface area contributed by atoms with Crippen molar-refractivity contribution in [1.82, 2.24) is 9.97 Å². The molecule has 2 N–H and O–H groups in total. The Kier molecular flexibility index (Phi) is 7.43. The Hall–Kier alpha value is -3.61. The van der Waals surface area contributed by atoms with Crippen molar-refractivity contribution in [2.45, 2.75) is 27.7 Å². The molecule has 0 atom stereocenters. The molecule has 162 valence electrons. The van der Waals surface area contributed by atoms with Gasteiger partial charge in [0.15, 0.2) is 6.61 Å².